The molecule has 1 heterocycles. The number of nitrogens with zero attached hydrogens (tertiary/aromatic N) is 1. The van der Waals surface area contributed by atoms with Crippen LogP contribution in [0.3, 0.4) is 0 Å². The van der Waals surface area contributed by atoms with Gasteiger partial charge in [0.25, 0.3) is 0 Å². The molecule has 1 aliphatic heterocycles. The molecule has 0 aromatic heterocycles. The maximum Gasteiger partial charge on any atom is 0.0436 e. The molecule has 0 aromatic carbocycles. The fourth-order valence-electron chi connectivity index (χ4n) is 1.75. The molecule has 1 nitrogen and oxygen atoms in total. The van der Waals surface area contributed by atoms with Gasteiger partial charge in [0, 0.05) is 23.3 Å². The fraction of sp³-hybridized carbons (Fsp3) is 0.538. The van der Waals surface area contributed by atoms with E-state index in [2.05, 4.69) is 66.0 Å². The quantitative estimate of drug-likeness (QED) is 0.691. The molecule has 0 N–H and O–H groups in total. The van der Waals surface area contributed by atoms with Crippen molar-refractivity contribution >= 4 is 15.9 Å². The number of alkyl halides is 1. The Morgan fingerprint density at radius 3 is 2.67 bits per heavy atom. The van der Waals surface area contributed by atoms with E-state index in [0.29, 0.717) is 6.04 Å². The Kier molecular flexibility index (Phi) is 5.16. The summed E-state index contributed by atoms with van der Waals surface area (Å²) in [6, 6.07) is 0.513. The number of halogens is 1. The molecule has 0 unspecified atom stereocenters. The van der Waals surface area contributed by atoms with Gasteiger partial charge in [-0.1, -0.05) is 35.4 Å². The van der Waals surface area contributed by atoms with Crippen LogP contribution in [0.15, 0.2) is 35.7 Å². The molecule has 0 spiro atoms. The van der Waals surface area contributed by atoms with E-state index in [9.17, 15) is 0 Å². The van der Waals surface area contributed by atoms with E-state index in [1.54, 1.807) is 0 Å². The molecule has 0 saturated heterocycles. The van der Waals surface area contributed by atoms with Gasteiger partial charge in [0.15, 0.2) is 0 Å². The lowest BCUT2D eigenvalue weighted by molar-refractivity contribution is 0.388. The summed E-state index contributed by atoms with van der Waals surface area (Å²) < 4.78 is 0. The second-order valence-corrected chi connectivity index (χ2v) is 4.66. The van der Waals surface area contributed by atoms with Crippen molar-refractivity contribution in [3.8, 4) is 0 Å². The molecule has 0 aliphatic carbocycles. The molecule has 15 heavy (non-hydrogen) atoms. The van der Waals surface area contributed by atoms with Crippen molar-refractivity contribution in [2.75, 3.05) is 5.33 Å². The van der Waals surface area contributed by atoms with E-state index in [1.165, 1.54) is 17.7 Å². The Hall–Kier alpha value is -0.500. The van der Waals surface area contributed by atoms with Gasteiger partial charge in [0.2, 0.25) is 0 Å². The summed E-state index contributed by atoms with van der Waals surface area (Å²) in [4.78, 5) is 2.31. The van der Waals surface area contributed by atoms with Gasteiger partial charge in [-0.15, -0.1) is 0 Å². The zero-order valence-corrected chi connectivity index (χ0v) is 11.4. The predicted molar refractivity (Wildman–Crippen MR) is 71.0 cm³/mol. The molecule has 1 rings (SSSR count). The molecule has 2 heteroatoms. The molecule has 0 bridgehead atoms. The predicted octanol–water partition coefficient (Wildman–Crippen LogP) is 4.23. The van der Waals surface area contributed by atoms with E-state index in [-0.39, 0.29) is 0 Å². The number of hydrogen-bond acceptors (Lipinski definition) is 1. The maximum absolute atomic E-state index is 3.56. The molecule has 84 valence electrons. The van der Waals surface area contributed by atoms with Gasteiger partial charge in [0.05, 0.1) is 0 Å². The summed E-state index contributed by atoms with van der Waals surface area (Å²) in [5.41, 5.74) is 2.77. The van der Waals surface area contributed by atoms with Gasteiger partial charge in [0.1, 0.15) is 0 Å². The van der Waals surface area contributed by atoms with Crippen molar-refractivity contribution in [1.82, 2.24) is 4.90 Å². The second kappa shape index (κ2) is 6.16. The highest BCUT2D eigenvalue weighted by Crippen LogP contribution is 2.20. The molecule has 1 aliphatic rings. The number of hydrogen-bond donors (Lipinski definition) is 0. The van der Waals surface area contributed by atoms with E-state index in [4.69, 9.17) is 0 Å². The Morgan fingerprint density at radius 1 is 1.40 bits per heavy atom. The molecule has 0 atom stereocenters. The summed E-state index contributed by atoms with van der Waals surface area (Å²) in [5.74, 6) is 0. The van der Waals surface area contributed by atoms with Crippen LogP contribution >= 0.6 is 15.9 Å². The lowest BCUT2D eigenvalue weighted by Crippen LogP contribution is -2.25. The number of allylic oxidation sites excluding steroid dienone is 5. The highest BCUT2D eigenvalue weighted by Gasteiger charge is 2.11. The van der Waals surface area contributed by atoms with Crippen molar-refractivity contribution in [2.45, 2.75) is 39.7 Å². The highest BCUT2D eigenvalue weighted by atomic mass is 79.9. The van der Waals surface area contributed by atoms with Crippen LogP contribution in [0.25, 0.3) is 0 Å². The van der Waals surface area contributed by atoms with Crippen LogP contribution in [0.5, 0.6) is 0 Å². The molecular formula is C13H20BrN. The normalized spacial score (nSPS) is 16.5. The summed E-state index contributed by atoms with van der Waals surface area (Å²) in [5, 5.41) is 0.913. The number of rotatable bonds is 4. The van der Waals surface area contributed by atoms with E-state index in [0.717, 1.165) is 11.8 Å². The summed E-state index contributed by atoms with van der Waals surface area (Å²) >= 11 is 3.56. The van der Waals surface area contributed by atoms with Gasteiger partial charge in [-0.3, -0.25) is 0 Å². The van der Waals surface area contributed by atoms with Crippen LogP contribution in [0, 0.1) is 0 Å². The first-order valence-electron chi connectivity index (χ1n) is 5.61. The van der Waals surface area contributed by atoms with Crippen molar-refractivity contribution in [3.63, 3.8) is 0 Å². The van der Waals surface area contributed by atoms with Crippen molar-refractivity contribution in [1.29, 1.82) is 0 Å². The molecule has 0 saturated carbocycles. The van der Waals surface area contributed by atoms with Crippen LogP contribution in [-0.2, 0) is 0 Å². The van der Waals surface area contributed by atoms with E-state index >= 15 is 0 Å². The first-order valence-corrected chi connectivity index (χ1v) is 6.73. The van der Waals surface area contributed by atoms with Crippen LogP contribution in [0.1, 0.15) is 33.6 Å². The Balaban J connectivity index is 2.89. The van der Waals surface area contributed by atoms with Crippen LogP contribution in [-0.4, -0.2) is 16.3 Å². The zero-order chi connectivity index (χ0) is 11.3. The average molecular weight is 270 g/mol. The zero-order valence-electron chi connectivity index (χ0n) is 9.83. The second-order valence-electron chi connectivity index (χ2n) is 4.10. The van der Waals surface area contributed by atoms with Gasteiger partial charge < -0.3 is 4.90 Å². The third kappa shape index (κ3) is 3.53. The van der Waals surface area contributed by atoms with E-state index in [1.807, 2.05) is 0 Å². The first-order chi connectivity index (χ1) is 7.19. The Morgan fingerprint density at radius 2 is 2.13 bits per heavy atom. The summed E-state index contributed by atoms with van der Waals surface area (Å²) in [7, 11) is 0. The lowest BCUT2D eigenvalue weighted by atomic mass is 10.1. The molecule has 0 radical (unpaired) electrons. The van der Waals surface area contributed by atoms with Crippen LogP contribution in [0.4, 0.5) is 0 Å². The van der Waals surface area contributed by atoms with Crippen molar-refractivity contribution < 1.29 is 0 Å². The monoisotopic (exact) mass is 269 g/mol. The Bertz CT molecular complexity index is 287. The molecule has 0 fully saturated rings. The van der Waals surface area contributed by atoms with Crippen LogP contribution < -0.4 is 0 Å². The van der Waals surface area contributed by atoms with Gasteiger partial charge >= 0.3 is 0 Å². The largest absolute Gasteiger partial charge is 0.348 e. The molecular weight excluding hydrogens is 250 g/mol. The van der Waals surface area contributed by atoms with Gasteiger partial charge in [-0.05, 0) is 38.0 Å². The van der Waals surface area contributed by atoms with Crippen molar-refractivity contribution in [3.05, 3.63) is 35.7 Å². The topological polar surface area (TPSA) is 3.24 Å². The molecule has 0 amide bonds. The third-order valence-electron chi connectivity index (χ3n) is 2.47. The van der Waals surface area contributed by atoms with Gasteiger partial charge in [-0.25, -0.2) is 0 Å². The first kappa shape index (κ1) is 12.6. The minimum atomic E-state index is 0.513. The SMILES string of the molecule is CCCC1=CC=CN(C(C)C)C(CBr)=C1. The fourth-order valence-corrected chi connectivity index (χ4v) is 2.20. The average Bonchev–Trinajstić information content (AvgIpc) is 2.40. The van der Waals surface area contributed by atoms with Crippen molar-refractivity contribution in [2.24, 2.45) is 0 Å². The smallest absolute Gasteiger partial charge is 0.0436 e. The minimum absolute atomic E-state index is 0.513. The minimum Gasteiger partial charge on any atom is -0.348 e. The maximum atomic E-state index is 3.56. The third-order valence-corrected chi connectivity index (χ3v) is 3.05. The van der Waals surface area contributed by atoms with Gasteiger partial charge in [-0.2, -0.15) is 0 Å². The lowest BCUT2D eigenvalue weighted by Gasteiger charge is -2.26. The summed E-state index contributed by atoms with van der Waals surface area (Å²) in [6.45, 7) is 6.65. The summed E-state index contributed by atoms with van der Waals surface area (Å²) in [6.07, 6.45) is 11.2. The highest BCUT2D eigenvalue weighted by molar-refractivity contribution is 9.09. The standard InChI is InChI=1S/C13H20BrN/c1-4-6-12-7-5-8-15(11(2)3)13(9-12)10-14/h5,7-9,11H,4,6,10H2,1-3H3. The van der Waals surface area contributed by atoms with E-state index < -0.39 is 0 Å². The van der Waals surface area contributed by atoms with Crippen LogP contribution in [0.2, 0.25) is 0 Å². The Labute approximate surface area is 102 Å². The molecule has 0 aromatic rings.